The molecule has 18 heavy (non-hydrogen) atoms. The van der Waals surface area contributed by atoms with Crippen LogP contribution in [0.25, 0.3) is 0 Å². The van der Waals surface area contributed by atoms with Crippen LogP contribution in [0.15, 0.2) is 12.1 Å². The van der Waals surface area contributed by atoms with Gasteiger partial charge in [0.15, 0.2) is 0 Å². The van der Waals surface area contributed by atoms with E-state index in [1.807, 2.05) is 0 Å². The number of methoxy groups -OCH3 is 1. The van der Waals surface area contributed by atoms with Crippen LogP contribution in [-0.2, 0) is 6.54 Å². The molecule has 0 saturated carbocycles. The molecule has 102 valence electrons. The maximum absolute atomic E-state index is 5.48. The van der Waals surface area contributed by atoms with Crippen molar-refractivity contribution in [3.63, 3.8) is 0 Å². The number of hydrogen-bond acceptors (Lipinski definition) is 2. The zero-order valence-electron chi connectivity index (χ0n) is 12.9. The van der Waals surface area contributed by atoms with E-state index >= 15 is 0 Å². The molecule has 1 rings (SSSR count). The van der Waals surface area contributed by atoms with Gasteiger partial charge in [0.2, 0.25) is 0 Å². The molecule has 1 aromatic rings. The van der Waals surface area contributed by atoms with Crippen molar-refractivity contribution in [3.05, 3.63) is 28.8 Å². The monoisotopic (exact) mass is 249 g/mol. The van der Waals surface area contributed by atoms with Crippen molar-refractivity contribution in [1.29, 1.82) is 0 Å². The zero-order chi connectivity index (χ0) is 13.9. The predicted molar refractivity (Wildman–Crippen MR) is 78.4 cm³/mol. The van der Waals surface area contributed by atoms with Crippen LogP contribution in [0.1, 0.15) is 50.3 Å². The molecule has 0 fully saturated rings. The Hall–Kier alpha value is -1.02. The minimum absolute atomic E-state index is 0.489. The minimum Gasteiger partial charge on any atom is -0.496 e. The van der Waals surface area contributed by atoms with Gasteiger partial charge in [0.1, 0.15) is 5.75 Å². The average Bonchev–Trinajstić information content (AvgIpc) is 2.30. The van der Waals surface area contributed by atoms with E-state index in [0.29, 0.717) is 12.0 Å². The van der Waals surface area contributed by atoms with E-state index in [2.05, 4.69) is 58.7 Å². The highest BCUT2D eigenvalue weighted by molar-refractivity contribution is 5.43. The topological polar surface area (TPSA) is 12.5 Å². The largest absolute Gasteiger partial charge is 0.496 e. The van der Waals surface area contributed by atoms with Crippen molar-refractivity contribution >= 4 is 0 Å². The maximum atomic E-state index is 5.48. The first-order valence-corrected chi connectivity index (χ1v) is 6.74. The van der Waals surface area contributed by atoms with Crippen molar-refractivity contribution in [3.8, 4) is 5.75 Å². The SMILES string of the molecule is COc1cc(C)c(CN(C)C(C)C)cc1C(C)C. The second-order valence-corrected chi connectivity index (χ2v) is 5.68. The highest BCUT2D eigenvalue weighted by Crippen LogP contribution is 2.30. The number of ether oxygens (including phenoxy) is 1. The van der Waals surface area contributed by atoms with E-state index in [1.165, 1.54) is 16.7 Å². The molecule has 0 aliphatic rings. The van der Waals surface area contributed by atoms with Crippen LogP contribution in [0, 0.1) is 6.92 Å². The van der Waals surface area contributed by atoms with Crippen molar-refractivity contribution in [1.82, 2.24) is 4.90 Å². The number of rotatable bonds is 5. The Balaban J connectivity index is 3.09. The Labute approximate surface area is 112 Å². The van der Waals surface area contributed by atoms with E-state index in [0.717, 1.165) is 12.3 Å². The van der Waals surface area contributed by atoms with E-state index in [4.69, 9.17) is 4.74 Å². The van der Waals surface area contributed by atoms with Crippen LogP contribution in [0.3, 0.4) is 0 Å². The summed E-state index contributed by atoms with van der Waals surface area (Å²) in [6.45, 7) is 12.0. The van der Waals surface area contributed by atoms with E-state index in [1.54, 1.807) is 7.11 Å². The number of aryl methyl sites for hydroxylation is 1. The molecule has 0 radical (unpaired) electrons. The van der Waals surface area contributed by atoms with Gasteiger partial charge < -0.3 is 4.74 Å². The summed E-state index contributed by atoms with van der Waals surface area (Å²) in [5, 5.41) is 0. The molecule has 0 aliphatic heterocycles. The lowest BCUT2D eigenvalue weighted by Gasteiger charge is -2.23. The van der Waals surface area contributed by atoms with Gasteiger partial charge in [-0.3, -0.25) is 4.90 Å². The molecule has 2 heteroatoms. The second-order valence-electron chi connectivity index (χ2n) is 5.68. The quantitative estimate of drug-likeness (QED) is 0.783. The van der Waals surface area contributed by atoms with Crippen LogP contribution in [0.2, 0.25) is 0 Å². The molecular formula is C16H27NO. The molecule has 0 aliphatic carbocycles. The molecule has 2 nitrogen and oxygen atoms in total. The number of benzene rings is 1. The Morgan fingerprint density at radius 1 is 1.17 bits per heavy atom. The molecule has 0 bridgehead atoms. The highest BCUT2D eigenvalue weighted by atomic mass is 16.5. The van der Waals surface area contributed by atoms with Gasteiger partial charge in [0, 0.05) is 12.6 Å². The molecule has 0 amide bonds. The van der Waals surface area contributed by atoms with Crippen LogP contribution in [0.4, 0.5) is 0 Å². The summed E-state index contributed by atoms with van der Waals surface area (Å²) in [5.41, 5.74) is 4.01. The van der Waals surface area contributed by atoms with E-state index < -0.39 is 0 Å². The van der Waals surface area contributed by atoms with Crippen LogP contribution < -0.4 is 4.74 Å². The van der Waals surface area contributed by atoms with Crippen molar-refractivity contribution in [2.75, 3.05) is 14.2 Å². The number of hydrogen-bond donors (Lipinski definition) is 0. The normalized spacial score (nSPS) is 11.7. The first-order chi connectivity index (χ1) is 8.36. The Bertz CT molecular complexity index is 396. The first-order valence-electron chi connectivity index (χ1n) is 6.74. The molecular weight excluding hydrogens is 222 g/mol. The third kappa shape index (κ3) is 3.49. The van der Waals surface area contributed by atoms with Gasteiger partial charge in [-0.2, -0.15) is 0 Å². The minimum atomic E-state index is 0.489. The standard InChI is InChI=1S/C16H27NO/c1-11(2)15-9-14(10-17(6)12(3)4)13(5)8-16(15)18-7/h8-9,11-12H,10H2,1-7H3. The molecule has 0 atom stereocenters. The van der Waals surface area contributed by atoms with Gasteiger partial charge in [0.05, 0.1) is 7.11 Å². The summed E-state index contributed by atoms with van der Waals surface area (Å²) in [6.07, 6.45) is 0. The Morgan fingerprint density at radius 3 is 2.22 bits per heavy atom. The predicted octanol–water partition coefficient (Wildman–Crippen LogP) is 3.97. The summed E-state index contributed by atoms with van der Waals surface area (Å²) in [7, 11) is 3.92. The van der Waals surface area contributed by atoms with Crippen molar-refractivity contribution in [2.45, 2.75) is 53.1 Å². The van der Waals surface area contributed by atoms with Gasteiger partial charge in [-0.15, -0.1) is 0 Å². The fraction of sp³-hybridized carbons (Fsp3) is 0.625. The Kier molecular flexibility index (Phi) is 5.21. The average molecular weight is 249 g/mol. The summed E-state index contributed by atoms with van der Waals surface area (Å²) >= 11 is 0. The van der Waals surface area contributed by atoms with Crippen LogP contribution >= 0.6 is 0 Å². The van der Waals surface area contributed by atoms with Crippen molar-refractivity contribution in [2.24, 2.45) is 0 Å². The van der Waals surface area contributed by atoms with Gasteiger partial charge in [-0.05, 0) is 56.5 Å². The molecule has 0 saturated heterocycles. The lowest BCUT2D eigenvalue weighted by atomic mass is 9.96. The maximum Gasteiger partial charge on any atom is 0.122 e. The fourth-order valence-corrected chi connectivity index (χ4v) is 1.99. The van der Waals surface area contributed by atoms with Crippen LogP contribution in [-0.4, -0.2) is 25.1 Å². The van der Waals surface area contributed by atoms with E-state index in [9.17, 15) is 0 Å². The first kappa shape index (κ1) is 15.0. The summed E-state index contributed by atoms with van der Waals surface area (Å²) in [5.74, 6) is 1.50. The number of nitrogens with zero attached hydrogens (tertiary/aromatic N) is 1. The lowest BCUT2D eigenvalue weighted by Crippen LogP contribution is -2.26. The smallest absolute Gasteiger partial charge is 0.122 e. The third-order valence-corrected chi connectivity index (χ3v) is 3.61. The molecule has 0 unspecified atom stereocenters. The lowest BCUT2D eigenvalue weighted by molar-refractivity contribution is 0.265. The van der Waals surface area contributed by atoms with E-state index in [-0.39, 0.29) is 0 Å². The molecule has 1 aromatic carbocycles. The van der Waals surface area contributed by atoms with Gasteiger partial charge in [-0.25, -0.2) is 0 Å². The molecule has 0 aromatic heterocycles. The Morgan fingerprint density at radius 2 is 1.78 bits per heavy atom. The highest BCUT2D eigenvalue weighted by Gasteiger charge is 2.13. The summed E-state index contributed by atoms with van der Waals surface area (Å²) < 4.78 is 5.48. The van der Waals surface area contributed by atoms with Crippen LogP contribution in [0.5, 0.6) is 5.75 Å². The third-order valence-electron chi connectivity index (χ3n) is 3.61. The van der Waals surface area contributed by atoms with Gasteiger partial charge in [-0.1, -0.05) is 19.9 Å². The van der Waals surface area contributed by atoms with Gasteiger partial charge in [0.25, 0.3) is 0 Å². The molecule has 0 heterocycles. The second kappa shape index (κ2) is 6.24. The zero-order valence-corrected chi connectivity index (χ0v) is 12.9. The molecule has 0 N–H and O–H groups in total. The fourth-order valence-electron chi connectivity index (χ4n) is 1.99. The molecule has 0 spiro atoms. The summed E-state index contributed by atoms with van der Waals surface area (Å²) in [4.78, 5) is 2.36. The van der Waals surface area contributed by atoms with Gasteiger partial charge >= 0.3 is 0 Å². The summed E-state index contributed by atoms with van der Waals surface area (Å²) in [6, 6.07) is 5.03. The van der Waals surface area contributed by atoms with Crippen molar-refractivity contribution < 1.29 is 4.74 Å².